The third-order valence-electron chi connectivity index (χ3n) is 2.86. The maximum absolute atomic E-state index is 11.7. The number of carbonyl (C=O) groups is 1. The van der Waals surface area contributed by atoms with Crippen LogP contribution in [0.1, 0.15) is 38.6 Å². The molecule has 1 unspecified atom stereocenters. The van der Waals surface area contributed by atoms with Gasteiger partial charge in [-0.05, 0) is 25.5 Å². The van der Waals surface area contributed by atoms with Gasteiger partial charge in [0.25, 0.3) is 0 Å². The van der Waals surface area contributed by atoms with E-state index in [9.17, 15) is 4.79 Å². The van der Waals surface area contributed by atoms with Crippen molar-refractivity contribution in [3.8, 4) is 0 Å². The van der Waals surface area contributed by atoms with Crippen molar-refractivity contribution < 1.29 is 9.53 Å². The van der Waals surface area contributed by atoms with Crippen LogP contribution in [0.15, 0.2) is 36.4 Å². The minimum Gasteiger partial charge on any atom is -0.451 e. The zero-order chi connectivity index (χ0) is 13.8. The lowest BCUT2D eigenvalue weighted by Gasteiger charge is -2.14. The Morgan fingerprint density at radius 1 is 1.47 bits per heavy atom. The van der Waals surface area contributed by atoms with E-state index in [-0.39, 0.29) is 12.1 Å². The van der Waals surface area contributed by atoms with Gasteiger partial charge in [0.2, 0.25) is 0 Å². The quantitative estimate of drug-likeness (QED) is 0.659. The van der Waals surface area contributed by atoms with Gasteiger partial charge in [0.1, 0.15) is 5.82 Å². The molecule has 100 valence electrons. The average molecular weight is 258 g/mol. The highest BCUT2D eigenvalue weighted by Crippen LogP contribution is 2.23. The van der Waals surface area contributed by atoms with Gasteiger partial charge in [-0.1, -0.05) is 32.1 Å². The number of rotatable bonds is 5. The summed E-state index contributed by atoms with van der Waals surface area (Å²) < 4.78 is 5.44. The van der Waals surface area contributed by atoms with Crippen LogP contribution in [0.25, 0.3) is 11.0 Å². The average Bonchev–Trinajstić information content (AvgIpc) is 2.81. The third kappa shape index (κ3) is 3.02. The van der Waals surface area contributed by atoms with Crippen LogP contribution in [0.5, 0.6) is 0 Å². The number of ether oxygens (including phenoxy) is 1. The molecule has 0 spiro atoms. The zero-order valence-electron chi connectivity index (χ0n) is 11.3. The molecule has 4 nitrogen and oxygen atoms in total. The van der Waals surface area contributed by atoms with E-state index >= 15 is 0 Å². The topological polar surface area (TPSA) is 55.0 Å². The van der Waals surface area contributed by atoms with Crippen molar-refractivity contribution in [2.45, 2.75) is 32.8 Å². The van der Waals surface area contributed by atoms with E-state index in [0.29, 0.717) is 11.4 Å². The molecule has 0 radical (unpaired) electrons. The fourth-order valence-corrected chi connectivity index (χ4v) is 1.87. The van der Waals surface area contributed by atoms with E-state index in [0.717, 1.165) is 23.9 Å². The normalized spacial score (nSPS) is 12.3. The standard InChI is InChI=1S/C15H18N2O2/c1-4-7-13(19-15(18)10(2)3)14-16-11-8-5-6-9-12(11)17-14/h5-6,8-9,13H,2,4,7H2,1,3H3,(H,16,17). The van der Waals surface area contributed by atoms with Gasteiger partial charge >= 0.3 is 5.97 Å². The van der Waals surface area contributed by atoms with Gasteiger partial charge in [0, 0.05) is 5.57 Å². The van der Waals surface area contributed by atoms with Gasteiger partial charge in [0.15, 0.2) is 6.10 Å². The Labute approximate surface area is 112 Å². The molecule has 1 heterocycles. The SMILES string of the molecule is C=C(C)C(=O)OC(CCC)c1nc2ccccc2[nH]1. The lowest BCUT2D eigenvalue weighted by molar-refractivity contribution is -0.145. The van der Waals surface area contributed by atoms with Crippen molar-refractivity contribution in [1.29, 1.82) is 0 Å². The van der Waals surface area contributed by atoms with Crippen molar-refractivity contribution in [3.05, 3.63) is 42.2 Å². The number of para-hydroxylation sites is 2. The van der Waals surface area contributed by atoms with Crippen molar-refractivity contribution in [3.63, 3.8) is 0 Å². The van der Waals surface area contributed by atoms with Gasteiger partial charge in [-0.2, -0.15) is 0 Å². The Balaban J connectivity index is 2.27. The molecule has 0 amide bonds. The molecule has 0 saturated carbocycles. The van der Waals surface area contributed by atoms with E-state index in [1.165, 1.54) is 0 Å². The Bertz CT molecular complexity index is 568. The van der Waals surface area contributed by atoms with Crippen LogP contribution in [0.2, 0.25) is 0 Å². The number of aromatic amines is 1. The lowest BCUT2D eigenvalue weighted by Crippen LogP contribution is -2.13. The number of aromatic nitrogens is 2. The maximum Gasteiger partial charge on any atom is 0.333 e. The highest BCUT2D eigenvalue weighted by molar-refractivity contribution is 5.87. The number of imidazole rings is 1. The van der Waals surface area contributed by atoms with E-state index in [1.807, 2.05) is 31.2 Å². The lowest BCUT2D eigenvalue weighted by atomic mass is 10.2. The first-order chi connectivity index (χ1) is 9.11. The van der Waals surface area contributed by atoms with Gasteiger partial charge in [-0.3, -0.25) is 0 Å². The highest BCUT2D eigenvalue weighted by Gasteiger charge is 2.19. The summed E-state index contributed by atoms with van der Waals surface area (Å²) in [6.07, 6.45) is 1.30. The number of hydrogen-bond acceptors (Lipinski definition) is 3. The molecular weight excluding hydrogens is 240 g/mol. The first-order valence-electron chi connectivity index (χ1n) is 6.43. The summed E-state index contributed by atoms with van der Waals surface area (Å²) in [5.41, 5.74) is 2.23. The second kappa shape index (κ2) is 5.69. The molecule has 1 aromatic heterocycles. The summed E-state index contributed by atoms with van der Waals surface area (Å²) in [6.45, 7) is 7.29. The van der Waals surface area contributed by atoms with Crippen LogP contribution in [0, 0.1) is 0 Å². The second-order valence-corrected chi connectivity index (χ2v) is 4.60. The van der Waals surface area contributed by atoms with Crippen LogP contribution in [0.4, 0.5) is 0 Å². The fourth-order valence-electron chi connectivity index (χ4n) is 1.87. The van der Waals surface area contributed by atoms with Crippen molar-refractivity contribution in [1.82, 2.24) is 9.97 Å². The Morgan fingerprint density at radius 3 is 2.84 bits per heavy atom. The van der Waals surface area contributed by atoms with E-state index in [4.69, 9.17) is 4.74 Å². The summed E-state index contributed by atoms with van der Waals surface area (Å²) in [5, 5.41) is 0. The van der Waals surface area contributed by atoms with Crippen LogP contribution in [-0.4, -0.2) is 15.9 Å². The molecule has 0 aliphatic carbocycles. The molecule has 0 aliphatic heterocycles. The summed E-state index contributed by atoms with van der Waals surface area (Å²) >= 11 is 0. The first kappa shape index (κ1) is 13.3. The number of carbonyl (C=O) groups excluding carboxylic acids is 1. The molecule has 1 aromatic carbocycles. The fraction of sp³-hybridized carbons (Fsp3) is 0.333. The largest absolute Gasteiger partial charge is 0.451 e. The molecule has 0 aliphatic rings. The molecule has 1 N–H and O–H groups in total. The van der Waals surface area contributed by atoms with Crippen molar-refractivity contribution in [2.75, 3.05) is 0 Å². The number of nitrogens with zero attached hydrogens (tertiary/aromatic N) is 1. The third-order valence-corrected chi connectivity index (χ3v) is 2.86. The van der Waals surface area contributed by atoms with E-state index < -0.39 is 0 Å². The van der Waals surface area contributed by atoms with E-state index in [2.05, 4.69) is 16.5 Å². The highest BCUT2D eigenvalue weighted by atomic mass is 16.5. The van der Waals surface area contributed by atoms with Crippen LogP contribution in [-0.2, 0) is 9.53 Å². The van der Waals surface area contributed by atoms with Crippen LogP contribution in [0.3, 0.4) is 0 Å². The molecule has 0 saturated heterocycles. The molecule has 0 fully saturated rings. The van der Waals surface area contributed by atoms with Crippen molar-refractivity contribution >= 4 is 17.0 Å². The summed E-state index contributed by atoms with van der Waals surface area (Å²) in [7, 11) is 0. The first-order valence-corrected chi connectivity index (χ1v) is 6.43. The molecule has 19 heavy (non-hydrogen) atoms. The number of benzene rings is 1. The summed E-state index contributed by atoms with van der Waals surface area (Å²) in [5.74, 6) is 0.316. The van der Waals surface area contributed by atoms with Crippen molar-refractivity contribution in [2.24, 2.45) is 0 Å². The maximum atomic E-state index is 11.7. The summed E-state index contributed by atoms with van der Waals surface area (Å²) in [4.78, 5) is 19.3. The predicted molar refractivity (Wildman–Crippen MR) is 74.6 cm³/mol. The Kier molecular flexibility index (Phi) is 4.00. The number of H-pyrrole nitrogens is 1. The molecule has 4 heteroatoms. The van der Waals surface area contributed by atoms with Gasteiger partial charge in [-0.15, -0.1) is 0 Å². The summed E-state index contributed by atoms with van der Waals surface area (Å²) in [6, 6.07) is 7.76. The number of esters is 1. The number of fused-ring (bicyclic) bond motifs is 1. The Hall–Kier alpha value is -2.10. The van der Waals surface area contributed by atoms with Gasteiger partial charge < -0.3 is 9.72 Å². The molecule has 1 atom stereocenters. The number of hydrogen-bond donors (Lipinski definition) is 1. The number of nitrogens with one attached hydrogen (secondary N) is 1. The van der Waals surface area contributed by atoms with E-state index in [1.54, 1.807) is 6.92 Å². The smallest absolute Gasteiger partial charge is 0.333 e. The van der Waals surface area contributed by atoms with Gasteiger partial charge in [0.05, 0.1) is 11.0 Å². The predicted octanol–water partition coefficient (Wildman–Crippen LogP) is 3.52. The molecule has 0 bridgehead atoms. The minimum absolute atomic E-state index is 0.346. The minimum atomic E-state index is -0.376. The monoisotopic (exact) mass is 258 g/mol. The molecule has 2 aromatic rings. The van der Waals surface area contributed by atoms with Crippen LogP contribution >= 0.6 is 0 Å². The zero-order valence-corrected chi connectivity index (χ0v) is 11.3. The molecule has 2 rings (SSSR count). The van der Waals surface area contributed by atoms with Gasteiger partial charge in [-0.25, -0.2) is 9.78 Å². The molecular formula is C15H18N2O2. The second-order valence-electron chi connectivity index (χ2n) is 4.60. The Morgan fingerprint density at radius 2 is 2.21 bits per heavy atom. The van der Waals surface area contributed by atoms with Crippen LogP contribution < -0.4 is 0 Å².